The van der Waals surface area contributed by atoms with Gasteiger partial charge >= 0.3 is 0 Å². The summed E-state index contributed by atoms with van der Waals surface area (Å²) in [6.45, 7) is 2.99. The van der Waals surface area contributed by atoms with Crippen LogP contribution < -0.4 is 9.04 Å². The number of benzene rings is 2. The Kier molecular flexibility index (Phi) is 8.68. The Labute approximate surface area is 212 Å². The van der Waals surface area contributed by atoms with Gasteiger partial charge in [-0.2, -0.15) is 4.31 Å². The molecule has 1 saturated heterocycles. The Bertz CT molecular complexity index is 1260. The van der Waals surface area contributed by atoms with Crippen molar-refractivity contribution in [3.63, 3.8) is 0 Å². The predicted octanol–water partition coefficient (Wildman–Crippen LogP) is 2.74. The molecule has 2 aromatic carbocycles. The first-order valence-electron chi connectivity index (χ1n) is 11.1. The smallest absolute Gasteiger partial charge is 0.243 e. The normalized spacial score (nSPS) is 15.1. The minimum atomic E-state index is -3.61. The van der Waals surface area contributed by atoms with Crippen LogP contribution in [0.25, 0.3) is 0 Å². The number of halogens is 1. The zero-order valence-electron chi connectivity index (χ0n) is 20.0. The lowest BCUT2D eigenvalue weighted by Gasteiger charge is -2.34. The third-order valence-corrected chi connectivity index (χ3v) is 9.23. The van der Waals surface area contributed by atoms with Crippen molar-refractivity contribution in [2.24, 2.45) is 0 Å². The van der Waals surface area contributed by atoms with Crippen LogP contribution in [-0.4, -0.2) is 78.0 Å². The van der Waals surface area contributed by atoms with Gasteiger partial charge in [-0.05, 0) is 43.7 Å². The van der Waals surface area contributed by atoms with Crippen molar-refractivity contribution in [3.8, 4) is 5.75 Å². The first-order valence-corrected chi connectivity index (χ1v) is 14.8. The highest BCUT2D eigenvalue weighted by Crippen LogP contribution is 2.30. The maximum atomic E-state index is 12.9. The summed E-state index contributed by atoms with van der Waals surface area (Å²) >= 11 is 6.15. The van der Waals surface area contributed by atoms with Crippen molar-refractivity contribution < 1.29 is 26.4 Å². The molecule has 0 unspecified atom stereocenters. The summed E-state index contributed by atoms with van der Waals surface area (Å²) in [7, 11) is -5.73. The van der Waals surface area contributed by atoms with Gasteiger partial charge in [0.25, 0.3) is 0 Å². The molecule has 3 rings (SSSR count). The van der Waals surface area contributed by atoms with Crippen molar-refractivity contribution in [1.29, 1.82) is 0 Å². The van der Waals surface area contributed by atoms with Gasteiger partial charge in [0, 0.05) is 39.1 Å². The van der Waals surface area contributed by atoms with Crippen LogP contribution in [0.2, 0.25) is 5.02 Å². The van der Waals surface area contributed by atoms with Gasteiger partial charge in [-0.25, -0.2) is 16.8 Å². The van der Waals surface area contributed by atoms with Crippen molar-refractivity contribution in [2.75, 3.05) is 50.4 Å². The standard InChI is InChI=1S/C23H30ClN3O6S2/c1-18-6-9-20(10-7-18)35(31,32)26-15-13-25(14-16-26)23(28)5-4-12-27(34(3,29)30)19-8-11-22(33-2)21(24)17-19/h6-11,17H,4-5,12-16H2,1-3H3. The first kappa shape index (κ1) is 27.3. The molecule has 0 spiro atoms. The SMILES string of the molecule is COc1ccc(N(CCCC(=O)N2CCN(S(=O)(=O)c3ccc(C)cc3)CC2)S(C)(=O)=O)cc1Cl. The van der Waals surface area contributed by atoms with Crippen molar-refractivity contribution in [1.82, 2.24) is 9.21 Å². The third-order valence-electron chi connectivity index (χ3n) is 5.83. The average Bonchev–Trinajstić information content (AvgIpc) is 2.81. The summed E-state index contributed by atoms with van der Waals surface area (Å²) in [5, 5.41) is 0.285. The number of rotatable bonds is 9. The quantitative estimate of drug-likeness (QED) is 0.481. The molecular formula is C23H30ClN3O6S2. The number of aryl methyl sites for hydroxylation is 1. The molecule has 1 amide bonds. The highest BCUT2D eigenvalue weighted by atomic mass is 35.5. The Balaban J connectivity index is 1.56. The Morgan fingerprint density at radius 3 is 2.20 bits per heavy atom. The van der Waals surface area contributed by atoms with E-state index in [-0.39, 0.29) is 55.0 Å². The third kappa shape index (κ3) is 6.66. The van der Waals surface area contributed by atoms with Crippen molar-refractivity contribution >= 4 is 43.2 Å². The number of hydrogen-bond donors (Lipinski definition) is 0. The number of hydrogen-bond acceptors (Lipinski definition) is 6. The molecule has 0 radical (unpaired) electrons. The van der Waals surface area contributed by atoms with Gasteiger partial charge in [-0.15, -0.1) is 0 Å². The maximum absolute atomic E-state index is 12.9. The van der Waals surface area contributed by atoms with Crippen molar-refractivity contribution in [3.05, 3.63) is 53.1 Å². The number of anilines is 1. The lowest BCUT2D eigenvalue weighted by molar-refractivity contribution is -0.132. The van der Waals surface area contributed by atoms with E-state index in [2.05, 4.69) is 0 Å². The minimum Gasteiger partial charge on any atom is -0.495 e. The number of sulfonamides is 2. The molecule has 0 saturated carbocycles. The first-order chi connectivity index (χ1) is 16.4. The fraction of sp³-hybridized carbons (Fsp3) is 0.435. The lowest BCUT2D eigenvalue weighted by atomic mass is 10.2. The van der Waals surface area contributed by atoms with E-state index in [1.807, 2.05) is 6.92 Å². The van der Waals surface area contributed by atoms with Gasteiger partial charge in [-0.3, -0.25) is 9.10 Å². The molecule has 35 heavy (non-hydrogen) atoms. The molecule has 2 aromatic rings. The Morgan fingerprint density at radius 1 is 1.03 bits per heavy atom. The molecule has 1 fully saturated rings. The van der Waals surface area contributed by atoms with Gasteiger partial charge in [0.1, 0.15) is 5.75 Å². The molecule has 192 valence electrons. The van der Waals surface area contributed by atoms with Gasteiger partial charge < -0.3 is 9.64 Å². The molecular weight excluding hydrogens is 514 g/mol. The second kappa shape index (κ2) is 11.2. The summed E-state index contributed by atoms with van der Waals surface area (Å²) in [4.78, 5) is 14.6. The van der Waals surface area contributed by atoms with Crippen LogP contribution in [0, 0.1) is 6.92 Å². The predicted molar refractivity (Wildman–Crippen MR) is 136 cm³/mol. The lowest BCUT2D eigenvalue weighted by Crippen LogP contribution is -2.50. The van der Waals surface area contributed by atoms with Crippen LogP contribution in [0.15, 0.2) is 47.4 Å². The molecule has 9 nitrogen and oxygen atoms in total. The molecule has 0 aromatic heterocycles. The summed E-state index contributed by atoms with van der Waals surface area (Å²) in [5.74, 6) is 0.293. The van der Waals surface area contributed by atoms with Crippen LogP contribution in [0.3, 0.4) is 0 Å². The zero-order valence-corrected chi connectivity index (χ0v) is 22.4. The molecule has 0 bridgehead atoms. The van der Waals surface area contributed by atoms with Crippen LogP contribution in [0.4, 0.5) is 5.69 Å². The summed E-state index contributed by atoms with van der Waals surface area (Å²) in [6.07, 6.45) is 1.54. The number of carbonyl (C=O) groups is 1. The van der Waals surface area contributed by atoms with Gasteiger partial charge in [0.05, 0.1) is 29.0 Å². The fourth-order valence-corrected chi connectivity index (χ4v) is 6.50. The molecule has 1 heterocycles. The van der Waals surface area contributed by atoms with E-state index in [0.29, 0.717) is 17.9 Å². The number of piperazine rings is 1. The molecule has 0 N–H and O–H groups in total. The molecule has 0 atom stereocenters. The number of amides is 1. The maximum Gasteiger partial charge on any atom is 0.243 e. The van der Waals surface area contributed by atoms with Gasteiger partial charge in [0.2, 0.25) is 26.0 Å². The number of carbonyl (C=O) groups excluding carboxylic acids is 1. The zero-order chi connectivity index (χ0) is 25.8. The Hall–Kier alpha value is -2.34. The van der Waals surface area contributed by atoms with E-state index in [1.165, 1.54) is 21.8 Å². The van der Waals surface area contributed by atoms with Crippen LogP contribution in [0.1, 0.15) is 18.4 Å². The average molecular weight is 544 g/mol. The van der Waals surface area contributed by atoms with Crippen LogP contribution in [-0.2, 0) is 24.8 Å². The number of nitrogens with zero attached hydrogens (tertiary/aromatic N) is 3. The minimum absolute atomic E-state index is 0.106. The fourth-order valence-electron chi connectivity index (χ4n) is 3.87. The van der Waals surface area contributed by atoms with Crippen LogP contribution >= 0.6 is 11.6 Å². The molecule has 1 aliphatic rings. The highest BCUT2D eigenvalue weighted by Gasteiger charge is 2.30. The van der Waals surface area contributed by atoms with Crippen molar-refractivity contribution in [2.45, 2.75) is 24.7 Å². The van der Waals surface area contributed by atoms with E-state index in [9.17, 15) is 21.6 Å². The van der Waals surface area contributed by atoms with Gasteiger partial charge in [-0.1, -0.05) is 29.3 Å². The van der Waals surface area contributed by atoms with E-state index in [1.54, 1.807) is 41.3 Å². The van der Waals surface area contributed by atoms with Crippen LogP contribution in [0.5, 0.6) is 5.75 Å². The Morgan fingerprint density at radius 2 is 1.66 bits per heavy atom. The van der Waals surface area contributed by atoms with E-state index < -0.39 is 20.0 Å². The summed E-state index contributed by atoms with van der Waals surface area (Å²) in [6, 6.07) is 11.4. The van der Waals surface area contributed by atoms with Gasteiger partial charge in [0.15, 0.2) is 0 Å². The highest BCUT2D eigenvalue weighted by molar-refractivity contribution is 7.92. The monoisotopic (exact) mass is 543 g/mol. The van der Waals surface area contributed by atoms with E-state index >= 15 is 0 Å². The molecule has 12 heteroatoms. The summed E-state index contributed by atoms with van der Waals surface area (Å²) < 4.78 is 58.1. The topological polar surface area (TPSA) is 104 Å². The largest absolute Gasteiger partial charge is 0.495 e. The summed E-state index contributed by atoms with van der Waals surface area (Å²) in [5.41, 5.74) is 1.37. The van der Waals surface area contributed by atoms with E-state index in [0.717, 1.165) is 11.8 Å². The molecule has 0 aliphatic carbocycles. The second-order valence-electron chi connectivity index (χ2n) is 8.36. The number of ether oxygens (including phenoxy) is 1. The number of methoxy groups -OCH3 is 1. The molecule has 1 aliphatic heterocycles. The second-order valence-corrected chi connectivity index (χ2v) is 12.6. The van der Waals surface area contributed by atoms with E-state index in [4.69, 9.17) is 16.3 Å².